The van der Waals surface area contributed by atoms with E-state index in [0.717, 1.165) is 6.08 Å². The molecule has 0 aliphatic heterocycles. The van der Waals surface area contributed by atoms with Crippen molar-refractivity contribution in [3.63, 3.8) is 0 Å². The zero-order valence-electron chi connectivity index (χ0n) is 7.86. The smallest absolute Gasteiger partial charge is 0.387 e. The lowest BCUT2D eigenvalue weighted by Crippen LogP contribution is -2.01. The molecule has 0 aliphatic rings. The lowest BCUT2D eigenvalue weighted by atomic mass is 10.2. The number of carboxylic acid groups (broad SMARTS) is 1. The Balaban J connectivity index is 2.94. The minimum absolute atomic E-state index is 0.0248. The monoisotopic (exact) mass is 292 g/mol. The van der Waals surface area contributed by atoms with Crippen molar-refractivity contribution in [3.8, 4) is 5.75 Å². The summed E-state index contributed by atoms with van der Waals surface area (Å²) in [6.45, 7) is -2.91. The van der Waals surface area contributed by atoms with Crippen LogP contribution in [0.15, 0.2) is 28.7 Å². The Morgan fingerprint density at radius 1 is 1.50 bits per heavy atom. The van der Waals surface area contributed by atoms with Gasteiger partial charge in [0.2, 0.25) is 0 Å². The molecule has 0 bridgehead atoms. The van der Waals surface area contributed by atoms with E-state index in [9.17, 15) is 13.6 Å². The predicted molar refractivity (Wildman–Crippen MR) is 57.4 cm³/mol. The van der Waals surface area contributed by atoms with Crippen LogP contribution < -0.4 is 4.74 Å². The Kier molecular flexibility index (Phi) is 4.42. The Hall–Kier alpha value is -1.43. The third-order valence-corrected chi connectivity index (χ3v) is 2.32. The Bertz CT molecular complexity index is 419. The summed E-state index contributed by atoms with van der Waals surface area (Å²) < 4.78 is 28.6. The van der Waals surface area contributed by atoms with Gasteiger partial charge in [-0.25, -0.2) is 4.79 Å². The molecule has 1 rings (SSSR count). The number of alkyl halides is 2. The second-order valence-corrected chi connectivity index (χ2v) is 3.59. The lowest BCUT2D eigenvalue weighted by molar-refractivity contribution is -0.131. The number of carboxylic acids is 1. The van der Waals surface area contributed by atoms with Gasteiger partial charge in [0.1, 0.15) is 5.75 Å². The molecule has 1 aromatic carbocycles. The Morgan fingerprint density at radius 2 is 2.19 bits per heavy atom. The summed E-state index contributed by atoms with van der Waals surface area (Å²) in [7, 11) is 0. The van der Waals surface area contributed by atoms with Gasteiger partial charge in [-0.3, -0.25) is 0 Å². The standard InChI is InChI=1S/C10H7BrF2O3/c11-8-3-2-7(16-10(12)13)5-6(8)1-4-9(14)15/h1-5,10H,(H,14,15)/b4-1+. The van der Waals surface area contributed by atoms with E-state index in [0.29, 0.717) is 10.0 Å². The minimum Gasteiger partial charge on any atom is -0.478 e. The maximum Gasteiger partial charge on any atom is 0.387 e. The molecule has 0 heterocycles. The fourth-order valence-corrected chi connectivity index (χ4v) is 1.37. The van der Waals surface area contributed by atoms with Gasteiger partial charge in [0.05, 0.1) is 0 Å². The van der Waals surface area contributed by atoms with Crippen molar-refractivity contribution < 1.29 is 23.4 Å². The predicted octanol–water partition coefficient (Wildman–Crippen LogP) is 3.15. The van der Waals surface area contributed by atoms with Crippen LogP contribution in [0.5, 0.6) is 5.75 Å². The van der Waals surface area contributed by atoms with Crippen LogP contribution in [0.2, 0.25) is 0 Å². The molecule has 0 unspecified atom stereocenters. The number of carbonyl (C=O) groups is 1. The van der Waals surface area contributed by atoms with Crippen LogP contribution >= 0.6 is 15.9 Å². The molecule has 0 fully saturated rings. The molecule has 3 nitrogen and oxygen atoms in total. The van der Waals surface area contributed by atoms with E-state index in [2.05, 4.69) is 20.7 Å². The average molecular weight is 293 g/mol. The van der Waals surface area contributed by atoms with Crippen molar-refractivity contribution in [2.45, 2.75) is 6.61 Å². The van der Waals surface area contributed by atoms with Gasteiger partial charge < -0.3 is 9.84 Å². The van der Waals surface area contributed by atoms with E-state index in [1.54, 1.807) is 0 Å². The van der Waals surface area contributed by atoms with Gasteiger partial charge in [-0.05, 0) is 29.8 Å². The first kappa shape index (κ1) is 12.6. The largest absolute Gasteiger partial charge is 0.478 e. The quantitative estimate of drug-likeness (QED) is 0.867. The van der Waals surface area contributed by atoms with E-state index < -0.39 is 12.6 Å². The highest BCUT2D eigenvalue weighted by atomic mass is 79.9. The zero-order chi connectivity index (χ0) is 12.1. The maximum absolute atomic E-state index is 11.9. The zero-order valence-corrected chi connectivity index (χ0v) is 9.45. The fourth-order valence-electron chi connectivity index (χ4n) is 0.987. The summed E-state index contributed by atoms with van der Waals surface area (Å²) in [4.78, 5) is 10.3. The minimum atomic E-state index is -2.91. The summed E-state index contributed by atoms with van der Waals surface area (Å²) in [5.41, 5.74) is 0.445. The Labute approximate surface area is 98.5 Å². The van der Waals surface area contributed by atoms with Crippen LogP contribution in [0.25, 0.3) is 6.08 Å². The average Bonchev–Trinajstić information content (AvgIpc) is 2.18. The summed E-state index contributed by atoms with van der Waals surface area (Å²) in [5, 5.41) is 8.43. The molecule has 16 heavy (non-hydrogen) atoms. The number of hydrogen-bond acceptors (Lipinski definition) is 2. The number of halogens is 3. The van der Waals surface area contributed by atoms with E-state index in [1.807, 2.05) is 0 Å². The van der Waals surface area contributed by atoms with E-state index in [1.165, 1.54) is 24.3 Å². The third kappa shape index (κ3) is 3.98. The molecule has 86 valence electrons. The number of benzene rings is 1. The summed E-state index contributed by atoms with van der Waals surface area (Å²) >= 11 is 3.16. The van der Waals surface area contributed by atoms with Crippen molar-refractivity contribution in [1.82, 2.24) is 0 Å². The molecule has 0 radical (unpaired) electrons. The number of rotatable bonds is 4. The molecular weight excluding hydrogens is 286 g/mol. The van der Waals surface area contributed by atoms with Crippen LogP contribution in [0.4, 0.5) is 8.78 Å². The molecule has 0 aromatic heterocycles. The summed E-state index contributed by atoms with van der Waals surface area (Å²) in [6, 6.07) is 4.17. The van der Waals surface area contributed by atoms with Crippen molar-refractivity contribution in [3.05, 3.63) is 34.3 Å². The second kappa shape index (κ2) is 5.60. The maximum atomic E-state index is 11.9. The molecular formula is C10H7BrF2O3. The number of aliphatic carboxylic acids is 1. The van der Waals surface area contributed by atoms with Gasteiger partial charge in [-0.1, -0.05) is 15.9 Å². The van der Waals surface area contributed by atoms with Gasteiger partial charge in [0.25, 0.3) is 0 Å². The topological polar surface area (TPSA) is 46.5 Å². The molecule has 0 saturated carbocycles. The number of ether oxygens (including phenoxy) is 1. The molecule has 0 amide bonds. The SMILES string of the molecule is O=C(O)/C=C/c1cc(OC(F)F)ccc1Br. The summed E-state index contributed by atoms with van der Waals surface area (Å²) in [5.74, 6) is -1.14. The summed E-state index contributed by atoms with van der Waals surface area (Å²) in [6.07, 6.45) is 2.19. The first-order chi connectivity index (χ1) is 7.49. The first-order valence-corrected chi connectivity index (χ1v) is 4.93. The molecule has 1 N–H and O–H groups in total. The highest BCUT2D eigenvalue weighted by Crippen LogP contribution is 2.24. The molecule has 6 heteroatoms. The third-order valence-electron chi connectivity index (χ3n) is 1.60. The highest BCUT2D eigenvalue weighted by molar-refractivity contribution is 9.10. The van der Waals surface area contributed by atoms with Crippen LogP contribution in [-0.4, -0.2) is 17.7 Å². The molecule has 0 atom stereocenters. The first-order valence-electron chi connectivity index (χ1n) is 4.14. The van der Waals surface area contributed by atoms with Crippen LogP contribution in [0, 0.1) is 0 Å². The van der Waals surface area contributed by atoms with Crippen molar-refractivity contribution >= 4 is 28.0 Å². The van der Waals surface area contributed by atoms with Gasteiger partial charge in [0.15, 0.2) is 0 Å². The molecule has 0 saturated heterocycles. The van der Waals surface area contributed by atoms with Gasteiger partial charge in [-0.2, -0.15) is 8.78 Å². The van der Waals surface area contributed by atoms with E-state index in [4.69, 9.17) is 5.11 Å². The highest BCUT2D eigenvalue weighted by Gasteiger charge is 2.06. The molecule has 0 aliphatic carbocycles. The molecule has 0 spiro atoms. The van der Waals surface area contributed by atoms with Crippen LogP contribution in [0.1, 0.15) is 5.56 Å². The normalized spacial score (nSPS) is 11.0. The molecule has 1 aromatic rings. The van der Waals surface area contributed by atoms with E-state index in [-0.39, 0.29) is 5.75 Å². The fraction of sp³-hybridized carbons (Fsp3) is 0.100. The van der Waals surface area contributed by atoms with Gasteiger partial charge in [0, 0.05) is 10.5 Å². The van der Waals surface area contributed by atoms with Gasteiger partial charge >= 0.3 is 12.6 Å². The van der Waals surface area contributed by atoms with Crippen molar-refractivity contribution in [1.29, 1.82) is 0 Å². The van der Waals surface area contributed by atoms with Crippen LogP contribution in [0.3, 0.4) is 0 Å². The lowest BCUT2D eigenvalue weighted by Gasteiger charge is -2.06. The van der Waals surface area contributed by atoms with Crippen LogP contribution in [-0.2, 0) is 4.79 Å². The van der Waals surface area contributed by atoms with Crippen molar-refractivity contribution in [2.75, 3.05) is 0 Å². The second-order valence-electron chi connectivity index (χ2n) is 2.73. The number of hydrogen-bond donors (Lipinski definition) is 1. The van der Waals surface area contributed by atoms with Crippen molar-refractivity contribution in [2.24, 2.45) is 0 Å². The van der Waals surface area contributed by atoms with E-state index >= 15 is 0 Å². The Morgan fingerprint density at radius 3 is 2.75 bits per heavy atom. The van der Waals surface area contributed by atoms with Gasteiger partial charge in [-0.15, -0.1) is 0 Å².